The molecule has 2 fully saturated rings. The fourth-order valence-electron chi connectivity index (χ4n) is 2.65. The summed E-state index contributed by atoms with van der Waals surface area (Å²) in [6, 6.07) is 6.09. The number of halogens is 1. The van der Waals surface area contributed by atoms with Crippen LogP contribution in [-0.2, 0) is 14.2 Å². The first-order valence-electron chi connectivity index (χ1n) is 7.04. The van der Waals surface area contributed by atoms with Gasteiger partial charge in [-0.25, -0.2) is 4.39 Å². The van der Waals surface area contributed by atoms with Crippen molar-refractivity contribution >= 4 is 5.69 Å². The normalized spacial score (nSPS) is 23.9. The van der Waals surface area contributed by atoms with Gasteiger partial charge in [0, 0.05) is 19.4 Å². The van der Waals surface area contributed by atoms with Gasteiger partial charge in [0.05, 0.1) is 31.1 Å². The Morgan fingerprint density at radius 2 is 2.19 bits per heavy atom. The van der Waals surface area contributed by atoms with Crippen LogP contribution in [0.4, 0.5) is 10.1 Å². The first-order valence-corrected chi connectivity index (χ1v) is 7.04. The third-order valence-corrected chi connectivity index (χ3v) is 3.79. The van der Waals surface area contributed by atoms with E-state index >= 15 is 0 Å². The molecule has 1 spiro atoms. The molecule has 0 unspecified atom stereocenters. The first-order chi connectivity index (χ1) is 10.2. The van der Waals surface area contributed by atoms with Crippen molar-refractivity contribution in [2.75, 3.05) is 31.7 Å². The largest absolute Gasteiger partial charge is 0.381 e. The third kappa shape index (κ3) is 3.16. The maximum atomic E-state index is 13.1. The summed E-state index contributed by atoms with van der Waals surface area (Å²) in [7, 11) is 0. The van der Waals surface area contributed by atoms with E-state index in [2.05, 4.69) is 5.32 Å². The van der Waals surface area contributed by atoms with E-state index in [0.29, 0.717) is 32.1 Å². The van der Waals surface area contributed by atoms with Gasteiger partial charge in [0.15, 0.2) is 5.79 Å². The number of nitrogens with zero attached hydrogens (tertiary/aromatic N) is 1. The summed E-state index contributed by atoms with van der Waals surface area (Å²) in [6.45, 7) is 2.33. The van der Waals surface area contributed by atoms with E-state index in [1.807, 2.05) is 6.07 Å². The second-order valence-electron chi connectivity index (χ2n) is 5.26. The Morgan fingerprint density at radius 3 is 2.95 bits per heavy atom. The van der Waals surface area contributed by atoms with Crippen LogP contribution >= 0.6 is 0 Å². The van der Waals surface area contributed by atoms with Gasteiger partial charge in [-0.3, -0.25) is 0 Å². The van der Waals surface area contributed by atoms with Crippen molar-refractivity contribution in [3.05, 3.63) is 29.6 Å². The first kappa shape index (κ1) is 14.3. The van der Waals surface area contributed by atoms with Gasteiger partial charge < -0.3 is 19.5 Å². The molecule has 0 bridgehead atoms. The Kier molecular flexibility index (Phi) is 4.06. The number of nitrogens with one attached hydrogen (secondary N) is 1. The number of benzene rings is 1. The predicted molar refractivity (Wildman–Crippen MR) is 73.2 cm³/mol. The highest BCUT2D eigenvalue weighted by Gasteiger charge is 2.42. The van der Waals surface area contributed by atoms with Crippen molar-refractivity contribution < 1.29 is 18.6 Å². The number of nitriles is 1. The van der Waals surface area contributed by atoms with Gasteiger partial charge in [-0.2, -0.15) is 5.26 Å². The van der Waals surface area contributed by atoms with Gasteiger partial charge in [0.2, 0.25) is 0 Å². The van der Waals surface area contributed by atoms with Crippen molar-refractivity contribution in [3.63, 3.8) is 0 Å². The summed E-state index contributed by atoms with van der Waals surface area (Å²) in [5.41, 5.74) is 0.894. The number of hydrogen-bond acceptors (Lipinski definition) is 5. The highest BCUT2D eigenvalue weighted by molar-refractivity contribution is 5.57. The molecular weight excluding hydrogens is 275 g/mol. The van der Waals surface area contributed by atoms with Crippen molar-refractivity contribution in [2.45, 2.75) is 24.7 Å². The zero-order valence-corrected chi connectivity index (χ0v) is 11.6. The van der Waals surface area contributed by atoms with Crippen molar-refractivity contribution in [2.24, 2.45) is 0 Å². The number of ether oxygens (including phenoxy) is 3. The molecule has 6 heteroatoms. The van der Waals surface area contributed by atoms with Crippen LogP contribution in [0.25, 0.3) is 0 Å². The molecule has 2 aliphatic rings. The third-order valence-electron chi connectivity index (χ3n) is 3.79. The molecule has 1 aromatic carbocycles. The minimum absolute atomic E-state index is 0.0836. The van der Waals surface area contributed by atoms with E-state index in [9.17, 15) is 4.39 Å². The Morgan fingerprint density at radius 1 is 1.38 bits per heavy atom. The van der Waals surface area contributed by atoms with E-state index in [1.165, 1.54) is 12.1 Å². The molecule has 1 aromatic rings. The number of hydrogen-bond donors (Lipinski definition) is 1. The fraction of sp³-hybridized carbons (Fsp3) is 0.533. The lowest BCUT2D eigenvalue weighted by atomic mass is 10.1. The smallest absolute Gasteiger partial charge is 0.173 e. The van der Waals surface area contributed by atoms with Crippen LogP contribution < -0.4 is 5.32 Å². The SMILES string of the molecule is N#Cc1cc(F)ccc1NC[C@@H]1COC2(CCOCC2)O1. The molecule has 1 N–H and O–H groups in total. The summed E-state index contributed by atoms with van der Waals surface area (Å²) in [4.78, 5) is 0. The quantitative estimate of drug-likeness (QED) is 0.923. The van der Waals surface area contributed by atoms with Crippen molar-refractivity contribution in [1.29, 1.82) is 5.26 Å². The Balaban J connectivity index is 1.58. The highest BCUT2D eigenvalue weighted by atomic mass is 19.1. The average Bonchev–Trinajstić information content (AvgIpc) is 2.89. The topological polar surface area (TPSA) is 63.5 Å². The summed E-state index contributed by atoms with van der Waals surface area (Å²) in [5.74, 6) is -0.926. The van der Waals surface area contributed by atoms with E-state index < -0.39 is 11.6 Å². The van der Waals surface area contributed by atoms with Gasteiger partial charge in [0.25, 0.3) is 0 Å². The molecule has 0 aliphatic carbocycles. The van der Waals surface area contributed by atoms with Crippen LogP contribution in [0.2, 0.25) is 0 Å². The minimum atomic E-state index is -0.508. The molecule has 2 heterocycles. The average molecular weight is 292 g/mol. The fourth-order valence-corrected chi connectivity index (χ4v) is 2.65. The Hall–Kier alpha value is -1.68. The molecule has 0 aromatic heterocycles. The maximum Gasteiger partial charge on any atom is 0.173 e. The summed E-state index contributed by atoms with van der Waals surface area (Å²) >= 11 is 0. The van der Waals surface area contributed by atoms with E-state index in [4.69, 9.17) is 19.5 Å². The van der Waals surface area contributed by atoms with Crippen molar-refractivity contribution in [1.82, 2.24) is 0 Å². The van der Waals surface area contributed by atoms with Crippen LogP contribution in [-0.4, -0.2) is 38.3 Å². The minimum Gasteiger partial charge on any atom is -0.381 e. The maximum absolute atomic E-state index is 13.1. The predicted octanol–water partition coefficient (Wildman–Crippen LogP) is 2.03. The molecule has 21 heavy (non-hydrogen) atoms. The molecule has 5 nitrogen and oxygen atoms in total. The molecule has 2 saturated heterocycles. The molecule has 0 amide bonds. The summed E-state index contributed by atoms with van der Waals surface area (Å²) in [6.07, 6.45) is 1.40. The molecule has 112 valence electrons. The van der Waals surface area contributed by atoms with Crippen LogP contribution in [0.3, 0.4) is 0 Å². The molecule has 2 aliphatic heterocycles. The van der Waals surface area contributed by atoms with E-state index in [0.717, 1.165) is 12.8 Å². The van der Waals surface area contributed by atoms with E-state index in [-0.39, 0.29) is 11.7 Å². The monoisotopic (exact) mass is 292 g/mol. The lowest BCUT2D eigenvalue weighted by Crippen LogP contribution is -2.38. The molecule has 0 radical (unpaired) electrons. The Bertz CT molecular complexity index is 552. The van der Waals surface area contributed by atoms with Crippen LogP contribution in [0.5, 0.6) is 0 Å². The Labute approximate surface area is 122 Å². The van der Waals surface area contributed by atoms with Gasteiger partial charge in [-0.05, 0) is 18.2 Å². The van der Waals surface area contributed by atoms with Crippen LogP contribution in [0.1, 0.15) is 18.4 Å². The summed E-state index contributed by atoms with van der Waals surface area (Å²) < 4.78 is 30.2. The second kappa shape index (κ2) is 5.98. The molecular formula is C15H17FN2O3. The lowest BCUT2D eigenvalue weighted by Gasteiger charge is -2.31. The molecule has 3 rings (SSSR count). The zero-order valence-electron chi connectivity index (χ0n) is 11.6. The van der Waals surface area contributed by atoms with Gasteiger partial charge in [-0.15, -0.1) is 0 Å². The van der Waals surface area contributed by atoms with Crippen LogP contribution in [0, 0.1) is 17.1 Å². The highest BCUT2D eigenvalue weighted by Crippen LogP contribution is 2.33. The number of rotatable bonds is 3. The molecule has 1 atom stereocenters. The zero-order chi connectivity index (χ0) is 14.7. The summed E-state index contributed by atoms with van der Waals surface area (Å²) in [5, 5.41) is 12.1. The second-order valence-corrected chi connectivity index (χ2v) is 5.26. The van der Waals surface area contributed by atoms with E-state index in [1.54, 1.807) is 6.07 Å². The standard InChI is InChI=1S/C15H17FN2O3/c16-12-1-2-14(11(7-12)8-17)18-9-13-10-20-15(21-13)3-5-19-6-4-15/h1-2,7,13,18H,3-6,9-10H2/t13-/m1/s1. The number of anilines is 1. The van der Waals surface area contributed by atoms with Crippen molar-refractivity contribution in [3.8, 4) is 6.07 Å². The van der Waals surface area contributed by atoms with Gasteiger partial charge in [0.1, 0.15) is 18.0 Å². The molecule has 0 saturated carbocycles. The van der Waals surface area contributed by atoms with Gasteiger partial charge >= 0.3 is 0 Å². The lowest BCUT2D eigenvalue weighted by molar-refractivity contribution is -0.209. The van der Waals surface area contributed by atoms with Gasteiger partial charge in [-0.1, -0.05) is 0 Å². The van der Waals surface area contributed by atoms with Crippen LogP contribution in [0.15, 0.2) is 18.2 Å².